The zero-order valence-corrected chi connectivity index (χ0v) is 16.7. The summed E-state index contributed by atoms with van der Waals surface area (Å²) in [5.74, 6) is -0.421. The van der Waals surface area contributed by atoms with Gasteiger partial charge in [0.1, 0.15) is 18.3 Å². The van der Waals surface area contributed by atoms with Crippen LogP contribution in [-0.4, -0.2) is 103 Å². The van der Waals surface area contributed by atoms with Gasteiger partial charge in [0, 0.05) is 20.2 Å². The number of carbonyl (C=O) groups is 1. The van der Waals surface area contributed by atoms with E-state index in [1.54, 1.807) is 0 Å². The van der Waals surface area contributed by atoms with Crippen LogP contribution in [-0.2, 0) is 19.0 Å². The first-order valence-corrected chi connectivity index (χ1v) is 9.56. The van der Waals surface area contributed by atoms with E-state index in [-0.39, 0.29) is 18.7 Å². The van der Waals surface area contributed by atoms with Crippen LogP contribution in [0.5, 0.6) is 0 Å². The van der Waals surface area contributed by atoms with Crippen molar-refractivity contribution >= 4 is 5.91 Å². The standard InChI is InChI=1S/C17H35N5O6/c1-7(19)9-5-4-8(20)17(27-9)28-15-11(21)13(24)16(26-3)12(14(15)25)22(2)10(23)6-18/h7-9,11-17,24-25H,4-6,18-21H2,1-3H3/t7?,8-,9+,11+,12?,13+,14-,15-,16-,17-/m1/s1. The molecule has 1 saturated carbocycles. The van der Waals surface area contributed by atoms with Gasteiger partial charge in [-0.1, -0.05) is 0 Å². The van der Waals surface area contributed by atoms with Crippen LogP contribution in [0.4, 0.5) is 0 Å². The number of hydrogen-bond donors (Lipinski definition) is 6. The predicted octanol–water partition coefficient (Wildman–Crippen LogP) is -3.59. The van der Waals surface area contributed by atoms with E-state index in [0.29, 0.717) is 12.8 Å². The number of likely N-dealkylation sites (N-methyl/N-ethyl adjacent to an activating group) is 1. The molecule has 0 aromatic rings. The number of methoxy groups -OCH3 is 1. The highest BCUT2D eigenvalue weighted by molar-refractivity contribution is 5.78. The first-order chi connectivity index (χ1) is 13.1. The Bertz CT molecular complexity index is 526. The summed E-state index contributed by atoms with van der Waals surface area (Å²) in [5, 5.41) is 21.6. The molecule has 2 fully saturated rings. The molecule has 0 radical (unpaired) electrons. The Hall–Kier alpha value is -0.890. The van der Waals surface area contributed by atoms with Crippen molar-refractivity contribution in [1.82, 2.24) is 4.90 Å². The molecule has 1 saturated heterocycles. The van der Waals surface area contributed by atoms with E-state index in [1.807, 2.05) is 6.92 Å². The smallest absolute Gasteiger partial charge is 0.236 e. The Balaban J connectivity index is 2.23. The fourth-order valence-electron chi connectivity index (χ4n) is 3.95. The minimum atomic E-state index is -1.25. The first-order valence-electron chi connectivity index (χ1n) is 9.56. The Labute approximate surface area is 165 Å². The number of ether oxygens (including phenoxy) is 3. The van der Waals surface area contributed by atoms with Crippen LogP contribution in [0.25, 0.3) is 0 Å². The third kappa shape index (κ3) is 4.64. The molecule has 2 aliphatic rings. The van der Waals surface area contributed by atoms with Gasteiger partial charge in [0.05, 0.1) is 36.9 Å². The highest BCUT2D eigenvalue weighted by Crippen LogP contribution is 2.31. The van der Waals surface area contributed by atoms with E-state index in [9.17, 15) is 15.0 Å². The van der Waals surface area contributed by atoms with Crippen molar-refractivity contribution in [2.75, 3.05) is 20.7 Å². The van der Waals surface area contributed by atoms with E-state index in [2.05, 4.69) is 0 Å². The molecule has 0 spiro atoms. The van der Waals surface area contributed by atoms with Crippen molar-refractivity contribution in [1.29, 1.82) is 0 Å². The maximum Gasteiger partial charge on any atom is 0.236 e. The summed E-state index contributed by atoms with van der Waals surface area (Å²) in [6, 6.07) is -2.55. The lowest BCUT2D eigenvalue weighted by molar-refractivity contribution is -0.267. The van der Waals surface area contributed by atoms with Gasteiger partial charge in [0.25, 0.3) is 0 Å². The van der Waals surface area contributed by atoms with Crippen LogP contribution < -0.4 is 22.9 Å². The third-order valence-electron chi connectivity index (χ3n) is 5.74. The molecule has 11 heteroatoms. The molecule has 0 aromatic carbocycles. The largest absolute Gasteiger partial charge is 0.389 e. The number of nitrogens with two attached hydrogens (primary N) is 4. The first kappa shape index (κ1) is 23.4. The molecular formula is C17H35N5O6. The second-order valence-electron chi connectivity index (χ2n) is 7.70. The van der Waals surface area contributed by atoms with Gasteiger partial charge < -0.3 is 52.3 Å². The summed E-state index contributed by atoms with van der Waals surface area (Å²) >= 11 is 0. The Kier molecular flexibility index (Phi) is 8.14. The van der Waals surface area contributed by atoms with Gasteiger partial charge in [-0.15, -0.1) is 0 Å². The Morgan fingerprint density at radius 2 is 1.89 bits per heavy atom. The molecule has 164 valence electrons. The number of rotatable bonds is 6. The molecular weight excluding hydrogens is 370 g/mol. The van der Waals surface area contributed by atoms with Crippen molar-refractivity contribution < 1.29 is 29.2 Å². The van der Waals surface area contributed by atoms with Crippen molar-refractivity contribution in [2.45, 2.75) is 80.7 Å². The highest BCUT2D eigenvalue weighted by Gasteiger charge is 2.53. The van der Waals surface area contributed by atoms with E-state index >= 15 is 0 Å². The van der Waals surface area contributed by atoms with Crippen LogP contribution in [0, 0.1) is 0 Å². The molecule has 10 N–H and O–H groups in total. The summed E-state index contributed by atoms with van der Waals surface area (Å²) < 4.78 is 17.1. The van der Waals surface area contributed by atoms with Crippen LogP contribution >= 0.6 is 0 Å². The minimum Gasteiger partial charge on any atom is -0.389 e. The van der Waals surface area contributed by atoms with Gasteiger partial charge in [-0.3, -0.25) is 4.79 Å². The van der Waals surface area contributed by atoms with Gasteiger partial charge in [0.15, 0.2) is 6.29 Å². The molecule has 0 bridgehead atoms. The topological polar surface area (TPSA) is 193 Å². The van der Waals surface area contributed by atoms with E-state index < -0.39 is 54.7 Å². The second-order valence-corrected chi connectivity index (χ2v) is 7.70. The van der Waals surface area contributed by atoms with Crippen molar-refractivity contribution in [3.05, 3.63) is 0 Å². The fraction of sp³-hybridized carbons (Fsp3) is 0.941. The van der Waals surface area contributed by atoms with Crippen LogP contribution in [0.2, 0.25) is 0 Å². The summed E-state index contributed by atoms with van der Waals surface area (Å²) in [5.41, 5.74) is 23.6. The summed E-state index contributed by atoms with van der Waals surface area (Å²) in [4.78, 5) is 13.3. The van der Waals surface area contributed by atoms with E-state index in [0.717, 1.165) is 0 Å². The van der Waals surface area contributed by atoms with Gasteiger partial charge in [0.2, 0.25) is 5.91 Å². The lowest BCUT2D eigenvalue weighted by atomic mass is 9.80. The maximum atomic E-state index is 12.1. The minimum absolute atomic E-state index is 0.215. The highest BCUT2D eigenvalue weighted by atomic mass is 16.7. The molecule has 2 unspecified atom stereocenters. The fourth-order valence-corrected chi connectivity index (χ4v) is 3.95. The number of aliphatic hydroxyl groups excluding tert-OH is 2. The molecule has 1 heterocycles. The molecule has 0 aromatic heterocycles. The predicted molar refractivity (Wildman–Crippen MR) is 101 cm³/mol. The van der Waals surface area contributed by atoms with E-state index in [1.165, 1.54) is 19.1 Å². The Morgan fingerprint density at radius 3 is 2.43 bits per heavy atom. The van der Waals surface area contributed by atoms with E-state index in [4.69, 9.17) is 37.1 Å². The number of nitrogens with zero attached hydrogens (tertiary/aromatic N) is 1. The quantitative estimate of drug-likeness (QED) is 0.257. The number of aliphatic hydroxyl groups is 2. The number of amides is 1. The molecule has 1 amide bonds. The monoisotopic (exact) mass is 405 g/mol. The summed E-state index contributed by atoms with van der Waals surface area (Å²) in [6.07, 6.45) is -4.16. The molecule has 1 aliphatic carbocycles. The van der Waals surface area contributed by atoms with Crippen LogP contribution in [0.1, 0.15) is 19.8 Å². The van der Waals surface area contributed by atoms with Crippen molar-refractivity contribution in [2.24, 2.45) is 22.9 Å². The van der Waals surface area contributed by atoms with Gasteiger partial charge in [-0.25, -0.2) is 0 Å². The lowest BCUT2D eigenvalue weighted by Gasteiger charge is -2.50. The van der Waals surface area contributed by atoms with Gasteiger partial charge in [-0.2, -0.15) is 0 Å². The summed E-state index contributed by atoms with van der Waals surface area (Å²) in [6.45, 7) is 1.58. The number of hydrogen-bond acceptors (Lipinski definition) is 10. The van der Waals surface area contributed by atoms with Crippen LogP contribution in [0.15, 0.2) is 0 Å². The lowest BCUT2D eigenvalue weighted by Crippen LogP contribution is -2.72. The maximum absolute atomic E-state index is 12.1. The van der Waals surface area contributed by atoms with Crippen molar-refractivity contribution in [3.8, 4) is 0 Å². The SMILES string of the molecule is CO[C@@H]1C(N(C)C(=O)CN)[C@@H](O)[C@H](O[C@H]2O[C@H](C(C)N)CC[C@H]2N)[C@@H](N)[C@@H]1O. The molecule has 1 aliphatic heterocycles. The summed E-state index contributed by atoms with van der Waals surface area (Å²) in [7, 11) is 2.85. The van der Waals surface area contributed by atoms with Gasteiger partial charge >= 0.3 is 0 Å². The normalized spacial score (nSPS) is 42.8. The molecule has 28 heavy (non-hydrogen) atoms. The molecule has 11 nitrogen and oxygen atoms in total. The third-order valence-corrected chi connectivity index (χ3v) is 5.74. The average molecular weight is 405 g/mol. The van der Waals surface area contributed by atoms with Gasteiger partial charge in [-0.05, 0) is 19.8 Å². The zero-order chi connectivity index (χ0) is 21.2. The molecule has 2 rings (SSSR count). The average Bonchev–Trinajstić information content (AvgIpc) is 2.67. The zero-order valence-electron chi connectivity index (χ0n) is 16.7. The van der Waals surface area contributed by atoms with Crippen LogP contribution in [0.3, 0.4) is 0 Å². The Morgan fingerprint density at radius 1 is 1.25 bits per heavy atom. The second kappa shape index (κ2) is 9.74. The van der Waals surface area contributed by atoms with Crippen molar-refractivity contribution in [3.63, 3.8) is 0 Å². The number of carbonyl (C=O) groups excluding carboxylic acids is 1. The molecule has 10 atom stereocenters.